The highest BCUT2D eigenvalue weighted by Crippen LogP contribution is 2.01. The molecule has 0 saturated carbocycles. The van der Waals surface area contributed by atoms with Crippen LogP contribution >= 0.6 is 0 Å². The monoisotopic (exact) mass is 126 g/mol. The molecule has 0 saturated heterocycles. The zero-order valence-electron chi connectivity index (χ0n) is 4.79. The van der Waals surface area contributed by atoms with E-state index in [1.807, 2.05) is 0 Å². The number of hydrogen-bond acceptors (Lipinski definition) is 3. The quantitative estimate of drug-likeness (QED) is 0.379. The number of nitrogens with two attached hydrogens (primary N) is 3. The summed E-state index contributed by atoms with van der Waals surface area (Å²) in [4.78, 5) is 0. The average Bonchev–Trinajstić information content (AvgIpc) is 1.59. The summed E-state index contributed by atoms with van der Waals surface area (Å²) in [5.41, 5.74) is 11.3. The predicted molar refractivity (Wildman–Crippen MR) is 32.6 cm³/mol. The van der Waals surface area contributed by atoms with Gasteiger partial charge in [0.25, 0.3) is 0 Å². The largest absolute Gasteiger partial charge is 0.398 e. The zero-order valence-corrected chi connectivity index (χ0v) is 4.79. The Morgan fingerprint density at radius 2 is 2.00 bits per heavy atom. The van der Waals surface area contributed by atoms with Crippen molar-refractivity contribution in [3.63, 3.8) is 0 Å². The lowest BCUT2D eigenvalue weighted by Gasteiger charge is -1.89. The maximum Gasteiger partial charge on any atom is 0.367 e. The molecular weight excluding hydrogens is 118 g/mol. The summed E-state index contributed by atoms with van der Waals surface area (Å²) in [5.74, 6) is 0.229. The van der Waals surface area contributed by atoms with Crippen molar-refractivity contribution in [2.24, 2.45) is 0 Å². The molecule has 0 aliphatic heterocycles. The molecule has 0 radical (unpaired) electrons. The van der Waals surface area contributed by atoms with E-state index in [0.717, 1.165) is 0 Å². The molecular formula is C5H8N3O+. The summed E-state index contributed by atoms with van der Waals surface area (Å²) in [6.45, 7) is 0. The molecule has 0 aromatic carbocycles. The molecule has 1 rings (SSSR count). The molecule has 0 aliphatic carbocycles. The Bertz CT molecular complexity index is 242. The summed E-state index contributed by atoms with van der Waals surface area (Å²) in [5, 5.41) is 5.23. The maximum absolute atomic E-state index is 5.34. The molecule has 0 amide bonds. The molecule has 9 heavy (non-hydrogen) atoms. The lowest BCUT2D eigenvalue weighted by Crippen LogP contribution is -2.44. The van der Waals surface area contributed by atoms with Crippen molar-refractivity contribution < 1.29 is 9.83 Å². The molecule has 1 aromatic rings. The van der Waals surface area contributed by atoms with E-state index in [0.29, 0.717) is 5.69 Å². The molecule has 0 atom stereocenters. The Hall–Kier alpha value is -1.45. The summed E-state index contributed by atoms with van der Waals surface area (Å²) in [7, 11) is 0. The Labute approximate surface area is 51.6 Å². The van der Waals surface area contributed by atoms with Gasteiger partial charge in [0.1, 0.15) is 0 Å². The van der Waals surface area contributed by atoms with E-state index < -0.39 is 0 Å². The van der Waals surface area contributed by atoms with Crippen LogP contribution in [0.2, 0.25) is 0 Å². The van der Waals surface area contributed by atoms with Crippen LogP contribution in [0.5, 0.6) is 0 Å². The van der Waals surface area contributed by atoms with E-state index in [9.17, 15) is 0 Å². The minimum absolute atomic E-state index is 0.229. The Balaban J connectivity index is 3.33. The lowest BCUT2D eigenvalue weighted by atomic mass is 10.4. The van der Waals surface area contributed by atoms with E-state index >= 15 is 0 Å². The SMILES string of the molecule is Nc1cc(N)oc(=[NH2+])c1. The van der Waals surface area contributed by atoms with Crippen LogP contribution in [-0.4, -0.2) is 0 Å². The number of hydrogen-bond donors (Lipinski definition) is 3. The minimum atomic E-state index is 0.229. The van der Waals surface area contributed by atoms with Crippen LogP contribution in [0.3, 0.4) is 0 Å². The fraction of sp³-hybridized carbons (Fsp3) is 0. The van der Waals surface area contributed by atoms with Gasteiger partial charge in [-0.05, 0) is 0 Å². The number of rotatable bonds is 0. The van der Waals surface area contributed by atoms with Crippen LogP contribution in [-0.2, 0) is 0 Å². The van der Waals surface area contributed by atoms with Crippen molar-refractivity contribution >= 4 is 11.6 Å². The van der Waals surface area contributed by atoms with E-state index in [2.05, 4.69) is 0 Å². The van der Waals surface area contributed by atoms with E-state index in [1.165, 1.54) is 12.1 Å². The van der Waals surface area contributed by atoms with Crippen LogP contribution < -0.4 is 22.4 Å². The van der Waals surface area contributed by atoms with Crippen molar-refractivity contribution in [3.05, 3.63) is 17.7 Å². The lowest BCUT2D eigenvalue weighted by molar-refractivity contribution is -0.197. The van der Waals surface area contributed by atoms with Gasteiger partial charge in [-0.1, -0.05) is 0 Å². The second-order valence-electron chi connectivity index (χ2n) is 1.70. The van der Waals surface area contributed by atoms with Crippen LogP contribution in [0.1, 0.15) is 0 Å². The average molecular weight is 126 g/mol. The first kappa shape index (κ1) is 5.68. The Kier molecular flexibility index (Phi) is 1.14. The standard InChI is InChI=1S/C5H7N3O/c6-3-1-4(7)9-5(8)2-3/h1-2,7H,6,8H2/p+1. The molecule has 0 unspecified atom stereocenters. The topological polar surface area (TPSA) is 90.8 Å². The second-order valence-corrected chi connectivity index (χ2v) is 1.70. The minimum Gasteiger partial charge on any atom is -0.398 e. The van der Waals surface area contributed by atoms with Gasteiger partial charge in [0.2, 0.25) is 0 Å². The highest BCUT2D eigenvalue weighted by Gasteiger charge is 1.92. The van der Waals surface area contributed by atoms with Gasteiger partial charge < -0.3 is 15.9 Å². The van der Waals surface area contributed by atoms with E-state index in [4.69, 9.17) is 21.3 Å². The Morgan fingerprint density at radius 1 is 1.33 bits per heavy atom. The van der Waals surface area contributed by atoms with Crippen LogP contribution in [0.25, 0.3) is 0 Å². The smallest absolute Gasteiger partial charge is 0.367 e. The van der Waals surface area contributed by atoms with Gasteiger partial charge in [0.05, 0.1) is 6.07 Å². The van der Waals surface area contributed by atoms with Gasteiger partial charge >= 0.3 is 5.55 Å². The first-order valence-corrected chi connectivity index (χ1v) is 2.43. The van der Waals surface area contributed by atoms with Crippen molar-refractivity contribution in [1.82, 2.24) is 0 Å². The molecule has 48 valence electrons. The van der Waals surface area contributed by atoms with Crippen molar-refractivity contribution in [1.29, 1.82) is 0 Å². The zero-order chi connectivity index (χ0) is 6.85. The molecule has 0 fully saturated rings. The molecule has 1 aromatic heterocycles. The molecule has 1 heterocycles. The normalized spacial score (nSPS) is 9.33. The van der Waals surface area contributed by atoms with Crippen molar-refractivity contribution in [3.8, 4) is 0 Å². The fourth-order valence-electron chi connectivity index (χ4n) is 0.565. The van der Waals surface area contributed by atoms with Crippen molar-refractivity contribution in [2.45, 2.75) is 0 Å². The third-order valence-electron chi connectivity index (χ3n) is 0.854. The van der Waals surface area contributed by atoms with Gasteiger partial charge in [-0.25, -0.2) is 5.41 Å². The van der Waals surface area contributed by atoms with E-state index in [1.54, 1.807) is 0 Å². The number of nitrogen functional groups attached to an aromatic ring is 2. The van der Waals surface area contributed by atoms with Gasteiger partial charge in [-0.3, -0.25) is 0 Å². The van der Waals surface area contributed by atoms with Gasteiger partial charge in [-0.2, -0.15) is 0 Å². The number of anilines is 2. The van der Waals surface area contributed by atoms with Gasteiger partial charge in [0.15, 0.2) is 5.88 Å². The summed E-state index contributed by atoms with van der Waals surface area (Å²) in [6.07, 6.45) is 0. The van der Waals surface area contributed by atoms with Gasteiger partial charge in [0, 0.05) is 11.8 Å². The third-order valence-corrected chi connectivity index (χ3v) is 0.854. The molecule has 0 bridgehead atoms. The van der Waals surface area contributed by atoms with Crippen LogP contribution in [0.15, 0.2) is 16.5 Å². The molecule has 0 aliphatic rings. The molecule has 4 heteroatoms. The van der Waals surface area contributed by atoms with Crippen LogP contribution in [0.4, 0.5) is 11.6 Å². The first-order chi connectivity index (χ1) is 4.18. The maximum atomic E-state index is 5.34. The Morgan fingerprint density at radius 3 is 2.44 bits per heavy atom. The summed E-state index contributed by atoms with van der Waals surface area (Å²) < 4.78 is 4.73. The molecule has 4 nitrogen and oxygen atoms in total. The summed E-state index contributed by atoms with van der Waals surface area (Å²) >= 11 is 0. The molecule has 6 N–H and O–H groups in total. The van der Waals surface area contributed by atoms with Gasteiger partial charge in [-0.15, -0.1) is 0 Å². The molecule has 0 spiro atoms. The van der Waals surface area contributed by atoms with E-state index in [-0.39, 0.29) is 11.4 Å². The second kappa shape index (κ2) is 1.81. The third kappa shape index (κ3) is 1.22. The van der Waals surface area contributed by atoms with Crippen molar-refractivity contribution in [2.75, 3.05) is 11.5 Å². The predicted octanol–water partition coefficient (Wildman–Crippen LogP) is -1.90. The highest BCUT2D eigenvalue weighted by atomic mass is 16.3. The highest BCUT2D eigenvalue weighted by molar-refractivity contribution is 5.42. The fourth-order valence-corrected chi connectivity index (χ4v) is 0.565. The van der Waals surface area contributed by atoms with Crippen LogP contribution in [0, 0.1) is 0 Å². The summed E-state index contributed by atoms with van der Waals surface area (Å²) in [6, 6.07) is 2.99. The first-order valence-electron chi connectivity index (χ1n) is 2.43.